The van der Waals surface area contributed by atoms with Gasteiger partial charge in [-0.1, -0.05) is 29.1 Å². The Balaban J connectivity index is 2.36. The van der Waals surface area contributed by atoms with Crippen LogP contribution in [0.15, 0.2) is 48.0 Å². The van der Waals surface area contributed by atoms with Crippen molar-refractivity contribution in [2.24, 2.45) is 0 Å². The second-order valence-corrected chi connectivity index (χ2v) is 4.19. The molecular weight excluding hydrogens is 202 g/mol. The maximum absolute atomic E-state index is 4.43. The highest BCUT2D eigenvalue weighted by Crippen LogP contribution is 2.28. The molecule has 2 heteroatoms. The molecule has 0 saturated heterocycles. The summed E-state index contributed by atoms with van der Waals surface area (Å²) >= 11 is 1.67. The van der Waals surface area contributed by atoms with E-state index in [0.29, 0.717) is 0 Å². The molecule has 0 saturated carbocycles. The second-order valence-electron chi connectivity index (χ2n) is 3.27. The molecule has 0 bridgehead atoms. The first kappa shape index (κ1) is 8.62. The third-order valence-corrected chi connectivity index (χ3v) is 3.18. The average Bonchev–Trinajstić information content (AvgIpc) is 2.82. The Morgan fingerprint density at radius 1 is 1.13 bits per heavy atom. The quantitative estimate of drug-likeness (QED) is 0.557. The maximum atomic E-state index is 4.43. The van der Waals surface area contributed by atoms with Gasteiger partial charge in [0, 0.05) is 6.20 Å². The molecule has 2 aromatic heterocycles. The number of benzene rings is 1. The Kier molecular flexibility index (Phi) is 2.00. The van der Waals surface area contributed by atoms with Crippen LogP contribution in [0.1, 0.15) is 0 Å². The van der Waals surface area contributed by atoms with Crippen molar-refractivity contribution in [1.29, 1.82) is 0 Å². The number of rotatable bonds is 1. The second kappa shape index (κ2) is 3.48. The summed E-state index contributed by atoms with van der Waals surface area (Å²) in [5, 5.41) is 4.45. The molecule has 0 N–H and O–H groups in total. The average molecular weight is 210 g/mol. The lowest BCUT2D eigenvalue weighted by Crippen LogP contribution is -1.82. The predicted octanol–water partition coefficient (Wildman–Crippen LogP) is 3.76. The summed E-state index contributed by atoms with van der Waals surface area (Å²) in [4.78, 5) is 5.53. The van der Waals surface area contributed by atoms with Gasteiger partial charge in [0.1, 0.15) is 0 Å². The molecule has 0 aliphatic carbocycles. The number of fused-ring (bicyclic) bond motifs is 1. The largest absolute Gasteiger partial charge is 0.318 e. The highest BCUT2D eigenvalue weighted by atomic mass is 32.1. The number of thiophene rings is 1. The molecule has 15 heavy (non-hydrogen) atoms. The van der Waals surface area contributed by atoms with E-state index < -0.39 is 0 Å². The summed E-state index contributed by atoms with van der Waals surface area (Å²) < 4.78 is 0. The molecule has 3 aromatic rings. The van der Waals surface area contributed by atoms with Crippen LogP contribution in [0.5, 0.6) is 0 Å². The van der Waals surface area contributed by atoms with Gasteiger partial charge in [0.2, 0.25) is 0 Å². The molecule has 0 atom stereocenters. The molecule has 72 valence electrons. The first-order chi connectivity index (χ1) is 7.45. The fourth-order valence-electron chi connectivity index (χ4n) is 1.67. The van der Waals surface area contributed by atoms with Crippen molar-refractivity contribution in [2.45, 2.75) is 0 Å². The zero-order valence-electron chi connectivity index (χ0n) is 7.97. The number of pyridine rings is 1. The van der Waals surface area contributed by atoms with Gasteiger partial charge in [-0.3, -0.25) is 0 Å². The topological polar surface area (TPSA) is 12.9 Å². The first-order valence-corrected chi connectivity index (χ1v) is 5.62. The van der Waals surface area contributed by atoms with Gasteiger partial charge < -0.3 is 4.98 Å². The fraction of sp³-hybridized carbons (Fsp3) is 0. The van der Waals surface area contributed by atoms with Gasteiger partial charge in [0.25, 0.3) is 0 Å². The molecule has 1 aromatic carbocycles. The minimum atomic E-state index is 1.03. The maximum Gasteiger partial charge on any atom is 0.0131 e. The molecule has 2 heterocycles. The van der Waals surface area contributed by atoms with E-state index in [-0.39, 0.29) is 0 Å². The molecule has 3 rings (SSSR count). The van der Waals surface area contributed by atoms with Gasteiger partial charge in [0.05, 0.1) is 0 Å². The van der Waals surface area contributed by atoms with E-state index in [0.717, 1.165) is 10.6 Å². The molecular formula is C13H8NS-. The number of hydrogen-bond acceptors (Lipinski definition) is 2. The third kappa shape index (κ3) is 1.43. The Morgan fingerprint density at radius 3 is 2.93 bits per heavy atom. The summed E-state index contributed by atoms with van der Waals surface area (Å²) in [6.45, 7) is 0. The van der Waals surface area contributed by atoms with Crippen molar-refractivity contribution < 1.29 is 0 Å². The van der Waals surface area contributed by atoms with Gasteiger partial charge in [0.15, 0.2) is 0 Å². The van der Waals surface area contributed by atoms with E-state index >= 15 is 0 Å². The smallest absolute Gasteiger partial charge is 0.0131 e. The number of hydrogen-bond donors (Lipinski definition) is 0. The van der Waals surface area contributed by atoms with E-state index in [9.17, 15) is 0 Å². The van der Waals surface area contributed by atoms with Crippen LogP contribution in [-0.4, -0.2) is 4.98 Å². The van der Waals surface area contributed by atoms with Crippen molar-refractivity contribution in [3.63, 3.8) is 0 Å². The van der Waals surface area contributed by atoms with E-state index in [4.69, 9.17) is 0 Å². The van der Waals surface area contributed by atoms with E-state index in [1.165, 1.54) is 10.8 Å². The highest BCUT2D eigenvalue weighted by molar-refractivity contribution is 7.13. The monoisotopic (exact) mass is 210 g/mol. The van der Waals surface area contributed by atoms with Crippen LogP contribution in [0.3, 0.4) is 0 Å². The van der Waals surface area contributed by atoms with E-state index in [1.807, 2.05) is 35.8 Å². The van der Waals surface area contributed by atoms with Gasteiger partial charge in [-0.25, -0.2) is 11.3 Å². The molecule has 0 amide bonds. The summed E-state index contributed by atoms with van der Waals surface area (Å²) in [6.07, 6.45) is 1.85. The van der Waals surface area contributed by atoms with Crippen LogP contribution in [0.25, 0.3) is 21.3 Å². The molecule has 0 unspecified atom stereocenters. The molecule has 1 nitrogen and oxygen atoms in total. The van der Waals surface area contributed by atoms with Crippen molar-refractivity contribution >= 4 is 22.1 Å². The lowest BCUT2D eigenvalue weighted by Gasteiger charge is -2.08. The van der Waals surface area contributed by atoms with Crippen LogP contribution in [0.2, 0.25) is 0 Å². The molecule has 0 aliphatic heterocycles. The predicted molar refractivity (Wildman–Crippen MR) is 63.9 cm³/mol. The van der Waals surface area contributed by atoms with E-state index in [2.05, 4.69) is 23.2 Å². The SMILES string of the molecule is [c-]1ccsc1-c1nccc2ccccc12. The van der Waals surface area contributed by atoms with Gasteiger partial charge >= 0.3 is 0 Å². The van der Waals surface area contributed by atoms with Crippen LogP contribution >= 0.6 is 11.3 Å². The molecule has 0 spiro atoms. The Hall–Kier alpha value is -1.67. The lowest BCUT2D eigenvalue weighted by molar-refractivity contribution is 1.37. The summed E-state index contributed by atoms with van der Waals surface area (Å²) in [7, 11) is 0. The Morgan fingerprint density at radius 2 is 2.07 bits per heavy atom. The fourth-order valence-corrected chi connectivity index (χ4v) is 2.35. The normalized spacial score (nSPS) is 10.7. The zero-order chi connectivity index (χ0) is 10.1. The zero-order valence-corrected chi connectivity index (χ0v) is 8.79. The third-order valence-electron chi connectivity index (χ3n) is 2.36. The summed E-state index contributed by atoms with van der Waals surface area (Å²) in [6, 6.07) is 15.5. The number of aromatic nitrogens is 1. The highest BCUT2D eigenvalue weighted by Gasteiger charge is 1.97. The Labute approximate surface area is 92.0 Å². The minimum Gasteiger partial charge on any atom is -0.318 e. The molecule has 0 fully saturated rings. The molecule has 0 aliphatic rings. The van der Waals surface area contributed by atoms with Gasteiger partial charge in [-0.2, -0.15) is 12.1 Å². The Bertz CT molecular complexity index is 579. The van der Waals surface area contributed by atoms with Crippen LogP contribution in [0, 0.1) is 6.07 Å². The van der Waals surface area contributed by atoms with Gasteiger partial charge in [-0.05, 0) is 22.5 Å². The van der Waals surface area contributed by atoms with Crippen molar-refractivity contribution in [3.8, 4) is 10.6 Å². The summed E-state index contributed by atoms with van der Waals surface area (Å²) in [5.41, 5.74) is 1.03. The minimum absolute atomic E-state index is 1.03. The first-order valence-electron chi connectivity index (χ1n) is 4.74. The van der Waals surface area contributed by atoms with E-state index in [1.54, 1.807) is 11.3 Å². The van der Waals surface area contributed by atoms with Gasteiger partial charge in [-0.15, -0.1) is 5.38 Å². The summed E-state index contributed by atoms with van der Waals surface area (Å²) in [5.74, 6) is 0. The number of nitrogens with zero attached hydrogens (tertiary/aromatic N) is 1. The van der Waals surface area contributed by atoms with Crippen LogP contribution in [-0.2, 0) is 0 Å². The van der Waals surface area contributed by atoms with Crippen molar-refractivity contribution in [1.82, 2.24) is 4.98 Å². The van der Waals surface area contributed by atoms with Crippen LogP contribution < -0.4 is 0 Å². The van der Waals surface area contributed by atoms with Crippen molar-refractivity contribution in [3.05, 3.63) is 54.0 Å². The standard InChI is InChI=1S/C13H8NS/c1-2-5-11-10(4-1)7-8-14-13(11)12-6-3-9-15-12/h1-5,7-9H/q-1. The van der Waals surface area contributed by atoms with Crippen molar-refractivity contribution in [2.75, 3.05) is 0 Å². The molecule has 0 radical (unpaired) electrons. The lowest BCUT2D eigenvalue weighted by atomic mass is 10.1. The van der Waals surface area contributed by atoms with Crippen LogP contribution in [0.4, 0.5) is 0 Å².